The van der Waals surface area contributed by atoms with Crippen molar-refractivity contribution in [2.45, 2.75) is 39.2 Å². The van der Waals surface area contributed by atoms with Gasteiger partial charge in [0.25, 0.3) is 0 Å². The number of sulfonamides is 1. The molecule has 2 aliphatic heterocycles. The average Bonchev–Trinajstić information content (AvgIpc) is 3.58. The van der Waals surface area contributed by atoms with Crippen LogP contribution < -0.4 is 14.2 Å². The van der Waals surface area contributed by atoms with Gasteiger partial charge in [0, 0.05) is 36.6 Å². The van der Waals surface area contributed by atoms with Gasteiger partial charge in [0.05, 0.1) is 33.0 Å². The molecule has 0 aromatic heterocycles. The van der Waals surface area contributed by atoms with E-state index in [1.807, 2.05) is 42.5 Å². The number of nitrogens with zero attached hydrogens (tertiary/aromatic N) is 1. The number of fused-ring (bicyclic) bond motifs is 1. The fourth-order valence-corrected chi connectivity index (χ4v) is 6.61. The Morgan fingerprint density at radius 3 is 2.51 bits per heavy atom. The summed E-state index contributed by atoms with van der Waals surface area (Å²) in [6.07, 6.45) is 2.37. The highest BCUT2D eigenvalue weighted by Gasteiger charge is 2.29. The highest BCUT2D eigenvalue weighted by atomic mass is 32.2. The van der Waals surface area contributed by atoms with Crippen LogP contribution in [0.4, 0.5) is 0 Å². The SMILES string of the molecule is COC(=O)CC1COc2cc(OCc3cccc(-c4c(C)cc(OC[C@H]5CCN(S(C)(=O)=O)C5)cc4C)c3)ccc21. The minimum atomic E-state index is -3.15. The third-order valence-electron chi connectivity index (χ3n) is 7.84. The van der Waals surface area contributed by atoms with Crippen LogP contribution in [0.2, 0.25) is 0 Å². The summed E-state index contributed by atoms with van der Waals surface area (Å²) in [5, 5.41) is 0. The van der Waals surface area contributed by atoms with Gasteiger partial charge in [0.2, 0.25) is 10.0 Å². The summed E-state index contributed by atoms with van der Waals surface area (Å²) in [6, 6.07) is 18.2. The Hall–Kier alpha value is -3.56. The molecule has 2 atom stereocenters. The lowest BCUT2D eigenvalue weighted by Gasteiger charge is -2.17. The Morgan fingerprint density at radius 2 is 1.80 bits per heavy atom. The summed E-state index contributed by atoms with van der Waals surface area (Å²) in [5.41, 5.74) is 6.53. The molecular weight excluding hydrogens is 542 g/mol. The Morgan fingerprint density at radius 1 is 1.02 bits per heavy atom. The van der Waals surface area contributed by atoms with Gasteiger partial charge >= 0.3 is 5.97 Å². The lowest BCUT2D eigenvalue weighted by Crippen LogP contribution is -2.28. The summed E-state index contributed by atoms with van der Waals surface area (Å²) >= 11 is 0. The summed E-state index contributed by atoms with van der Waals surface area (Å²) < 4.78 is 47.9. The first-order valence-corrected chi connectivity index (χ1v) is 15.7. The van der Waals surface area contributed by atoms with E-state index in [2.05, 4.69) is 26.0 Å². The molecule has 1 unspecified atom stereocenters. The van der Waals surface area contributed by atoms with E-state index < -0.39 is 10.0 Å². The van der Waals surface area contributed by atoms with E-state index in [9.17, 15) is 13.2 Å². The van der Waals surface area contributed by atoms with Gasteiger partial charge in [-0.3, -0.25) is 4.79 Å². The molecule has 218 valence electrons. The van der Waals surface area contributed by atoms with Crippen LogP contribution in [-0.2, 0) is 26.2 Å². The molecule has 0 bridgehead atoms. The van der Waals surface area contributed by atoms with Gasteiger partial charge in [0.1, 0.15) is 23.9 Å². The minimum absolute atomic E-state index is 0.000556. The topological polar surface area (TPSA) is 91.4 Å². The van der Waals surface area contributed by atoms with E-state index in [0.717, 1.165) is 51.3 Å². The zero-order valence-corrected chi connectivity index (χ0v) is 24.8. The monoisotopic (exact) mass is 579 g/mol. The van der Waals surface area contributed by atoms with Crippen LogP contribution in [0.1, 0.15) is 41.0 Å². The summed E-state index contributed by atoms with van der Waals surface area (Å²) in [7, 11) is -1.76. The summed E-state index contributed by atoms with van der Waals surface area (Å²) in [6.45, 7) is 6.59. The van der Waals surface area contributed by atoms with E-state index in [0.29, 0.717) is 45.1 Å². The van der Waals surface area contributed by atoms with E-state index >= 15 is 0 Å². The van der Waals surface area contributed by atoms with Crippen molar-refractivity contribution in [3.05, 3.63) is 76.9 Å². The Balaban J connectivity index is 1.22. The largest absolute Gasteiger partial charge is 0.493 e. The van der Waals surface area contributed by atoms with Crippen LogP contribution in [0.5, 0.6) is 17.2 Å². The summed E-state index contributed by atoms with van der Waals surface area (Å²) in [5.74, 6) is 2.21. The molecule has 3 aromatic carbocycles. The third kappa shape index (κ3) is 6.85. The van der Waals surface area contributed by atoms with Crippen molar-refractivity contribution in [1.29, 1.82) is 0 Å². The fraction of sp³-hybridized carbons (Fsp3) is 0.406. The molecule has 0 N–H and O–H groups in total. The van der Waals surface area contributed by atoms with Crippen molar-refractivity contribution in [1.82, 2.24) is 4.31 Å². The van der Waals surface area contributed by atoms with Crippen molar-refractivity contribution in [2.75, 3.05) is 39.7 Å². The maximum Gasteiger partial charge on any atom is 0.306 e. The molecule has 1 saturated heterocycles. The van der Waals surface area contributed by atoms with Crippen molar-refractivity contribution < 1.29 is 32.2 Å². The van der Waals surface area contributed by atoms with Crippen molar-refractivity contribution in [2.24, 2.45) is 5.92 Å². The molecule has 0 radical (unpaired) electrons. The molecule has 9 heteroatoms. The molecule has 1 fully saturated rings. The Labute approximate surface area is 242 Å². The maximum absolute atomic E-state index is 11.8. The molecule has 5 rings (SSSR count). The maximum atomic E-state index is 11.8. The number of aryl methyl sites for hydroxylation is 2. The van der Waals surface area contributed by atoms with Crippen LogP contribution in [0.15, 0.2) is 54.6 Å². The van der Waals surface area contributed by atoms with E-state index in [-0.39, 0.29) is 17.8 Å². The second-order valence-corrected chi connectivity index (χ2v) is 13.0. The van der Waals surface area contributed by atoms with E-state index in [1.54, 1.807) is 0 Å². The predicted molar refractivity (Wildman–Crippen MR) is 157 cm³/mol. The molecule has 3 aromatic rings. The summed E-state index contributed by atoms with van der Waals surface area (Å²) in [4.78, 5) is 11.7. The van der Waals surface area contributed by atoms with Crippen LogP contribution >= 0.6 is 0 Å². The van der Waals surface area contributed by atoms with Gasteiger partial charge < -0.3 is 18.9 Å². The normalized spacial score (nSPS) is 18.5. The highest BCUT2D eigenvalue weighted by Crippen LogP contribution is 2.39. The highest BCUT2D eigenvalue weighted by molar-refractivity contribution is 7.88. The number of carbonyl (C=O) groups is 1. The van der Waals surface area contributed by atoms with E-state index in [1.165, 1.54) is 17.7 Å². The molecule has 8 nitrogen and oxygen atoms in total. The lowest BCUT2D eigenvalue weighted by atomic mass is 9.94. The van der Waals surface area contributed by atoms with Gasteiger partial charge in [-0.2, -0.15) is 0 Å². The lowest BCUT2D eigenvalue weighted by molar-refractivity contribution is -0.141. The molecule has 0 aliphatic carbocycles. The first-order valence-electron chi connectivity index (χ1n) is 13.9. The first-order chi connectivity index (χ1) is 19.6. The Bertz CT molecular complexity index is 1510. The van der Waals surface area contributed by atoms with Crippen molar-refractivity contribution >= 4 is 16.0 Å². The zero-order valence-electron chi connectivity index (χ0n) is 24.0. The molecule has 0 saturated carbocycles. The second kappa shape index (κ2) is 12.1. The molecule has 2 heterocycles. The smallest absolute Gasteiger partial charge is 0.306 e. The average molecular weight is 580 g/mol. The molecule has 0 spiro atoms. The van der Waals surface area contributed by atoms with Gasteiger partial charge in [-0.15, -0.1) is 0 Å². The zero-order chi connectivity index (χ0) is 29.1. The minimum Gasteiger partial charge on any atom is -0.493 e. The van der Waals surface area contributed by atoms with Gasteiger partial charge in [-0.25, -0.2) is 12.7 Å². The van der Waals surface area contributed by atoms with Crippen molar-refractivity contribution in [3.63, 3.8) is 0 Å². The number of carbonyl (C=O) groups excluding carboxylic acids is 1. The van der Waals surface area contributed by atoms with Gasteiger partial charge in [0.15, 0.2) is 0 Å². The molecule has 41 heavy (non-hydrogen) atoms. The number of esters is 1. The number of benzene rings is 3. The van der Waals surface area contributed by atoms with Crippen LogP contribution in [0.25, 0.3) is 11.1 Å². The van der Waals surface area contributed by atoms with E-state index in [4.69, 9.17) is 18.9 Å². The number of methoxy groups -OCH3 is 1. The molecule has 2 aliphatic rings. The number of rotatable bonds is 10. The molecule has 0 amide bonds. The second-order valence-electron chi connectivity index (χ2n) is 11.0. The van der Waals surface area contributed by atoms with Gasteiger partial charge in [-0.05, 0) is 72.4 Å². The standard InChI is InChI=1S/C32H37NO7S/c1-21-12-28(39-19-24-10-11-33(17-24)41(4,35)36)13-22(2)32(21)25-7-5-6-23(14-25)18-38-27-8-9-29-26(15-31(34)37-3)20-40-30(29)16-27/h5-9,12-14,16,24,26H,10-11,15,17-20H2,1-4H3/t24-,26?/m0/s1. The van der Waals surface area contributed by atoms with Crippen LogP contribution in [0, 0.1) is 19.8 Å². The Kier molecular flexibility index (Phi) is 8.56. The molecular formula is C32H37NO7S. The number of hydrogen-bond donors (Lipinski definition) is 0. The number of hydrogen-bond acceptors (Lipinski definition) is 7. The first kappa shape index (κ1) is 29.0. The number of ether oxygens (including phenoxy) is 4. The third-order valence-corrected chi connectivity index (χ3v) is 9.11. The fourth-order valence-electron chi connectivity index (χ4n) is 5.69. The van der Waals surface area contributed by atoms with Crippen molar-refractivity contribution in [3.8, 4) is 28.4 Å². The van der Waals surface area contributed by atoms with Crippen LogP contribution in [0.3, 0.4) is 0 Å². The van der Waals surface area contributed by atoms with Crippen LogP contribution in [-0.4, -0.2) is 58.4 Å². The predicted octanol–water partition coefficient (Wildman–Crippen LogP) is 5.25. The van der Waals surface area contributed by atoms with Gasteiger partial charge in [-0.1, -0.05) is 24.3 Å². The quantitative estimate of drug-likeness (QED) is 0.303.